The zero-order valence-corrected chi connectivity index (χ0v) is 20.2. The Hall–Kier alpha value is -2.37. The number of carbonyl (C=O) groups is 1. The molecule has 3 rings (SSSR count). The first-order chi connectivity index (χ1) is 15.3. The molecule has 1 N–H and O–H groups in total. The minimum absolute atomic E-state index is 0.104. The van der Waals surface area contributed by atoms with E-state index < -0.39 is 10.0 Å². The van der Waals surface area contributed by atoms with Gasteiger partial charge in [0, 0.05) is 32.9 Å². The molecule has 172 valence electrons. The van der Waals surface area contributed by atoms with Crippen molar-refractivity contribution in [3.63, 3.8) is 0 Å². The average Bonchev–Trinajstić information content (AvgIpc) is 3.16. The number of nitrogens with one attached hydrogen (secondary N) is 1. The fourth-order valence-corrected chi connectivity index (χ4v) is 5.58. The van der Waals surface area contributed by atoms with Gasteiger partial charge in [-0.3, -0.25) is 10.1 Å². The quantitative estimate of drug-likeness (QED) is 0.480. The molecule has 2 aromatic carbocycles. The molecule has 0 radical (unpaired) electrons. The Kier molecular flexibility index (Phi) is 7.96. The number of fused-ring (bicyclic) bond motifs is 1. The van der Waals surface area contributed by atoms with Crippen molar-refractivity contribution in [1.82, 2.24) is 9.29 Å². The molecule has 10 heteroatoms. The Morgan fingerprint density at radius 1 is 1.06 bits per heavy atom. The highest BCUT2D eigenvalue weighted by molar-refractivity contribution is 7.89. The second kappa shape index (κ2) is 10.5. The summed E-state index contributed by atoms with van der Waals surface area (Å²) in [5, 5.41) is 3.31. The lowest BCUT2D eigenvalue weighted by Gasteiger charge is -2.21. The van der Waals surface area contributed by atoms with Gasteiger partial charge in [0.25, 0.3) is 5.91 Å². The van der Waals surface area contributed by atoms with E-state index >= 15 is 0 Å². The second-order valence-corrected chi connectivity index (χ2v) is 10.3. The van der Waals surface area contributed by atoms with Gasteiger partial charge in [-0.2, -0.15) is 4.31 Å². The van der Waals surface area contributed by atoms with E-state index in [2.05, 4.69) is 16.4 Å². The van der Waals surface area contributed by atoms with Crippen LogP contribution in [0.2, 0.25) is 0 Å². The molecule has 0 aliphatic rings. The van der Waals surface area contributed by atoms with Crippen molar-refractivity contribution in [2.45, 2.75) is 18.7 Å². The van der Waals surface area contributed by atoms with E-state index in [0.717, 1.165) is 21.3 Å². The largest absolute Gasteiger partial charge is 0.383 e. The summed E-state index contributed by atoms with van der Waals surface area (Å²) < 4.78 is 38.3. The summed E-state index contributed by atoms with van der Waals surface area (Å²) in [5.41, 5.74) is 3.41. The maximum Gasteiger partial charge on any atom is 0.257 e. The van der Waals surface area contributed by atoms with Crippen molar-refractivity contribution in [1.29, 1.82) is 0 Å². The number of aryl methyl sites for hydroxylation is 2. The van der Waals surface area contributed by atoms with Crippen LogP contribution in [-0.2, 0) is 19.5 Å². The molecule has 3 aromatic rings. The van der Waals surface area contributed by atoms with Gasteiger partial charge in [0.1, 0.15) is 0 Å². The topological polar surface area (TPSA) is 97.8 Å². The molecule has 32 heavy (non-hydrogen) atoms. The van der Waals surface area contributed by atoms with Crippen LogP contribution in [0.4, 0.5) is 5.13 Å². The third-order valence-corrected chi connectivity index (χ3v) is 7.92. The number of methoxy groups -OCH3 is 2. The molecular weight excluding hydrogens is 450 g/mol. The van der Waals surface area contributed by atoms with E-state index in [9.17, 15) is 13.2 Å². The van der Waals surface area contributed by atoms with Gasteiger partial charge in [-0.25, -0.2) is 13.4 Å². The van der Waals surface area contributed by atoms with Crippen molar-refractivity contribution in [3.8, 4) is 0 Å². The molecule has 1 aromatic heterocycles. The minimum Gasteiger partial charge on any atom is -0.383 e. The average molecular weight is 478 g/mol. The van der Waals surface area contributed by atoms with E-state index in [-0.39, 0.29) is 37.1 Å². The van der Waals surface area contributed by atoms with Crippen LogP contribution >= 0.6 is 11.3 Å². The van der Waals surface area contributed by atoms with Crippen molar-refractivity contribution in [2.75, 3.05) is 45.8 Å². The first kappa shape index (κ1) is 24.3. The summed E-state index contributed by atoms with van der Waals surface area (Å²) in [6.45, 7) is 4.98. The Balaban J connectivity index is 1.76. The number of aromatic nitrogens is 1. The van der Waals surface area contributed by atoms with E-state index in [4.69, 9.17) is 9.47 Å². The highest BCUT2D eigenvalue weighted by Gasteiger charge is 2.24. The molecule has 0 saturated heterocycles. The third kappa shape index (κ3) is 5.51. The SMILES string of the molecule is COCCN(CCOC)S(=O)(=O)c1ccc(C(=O)Nc2nc3cc(C)cc(C)c3s2)cc1. The van der Waals surface area contributed by atoms with Gasteiger partial charge in [-0.15, -0.1) is 0 Å². The number of nitrogens with zero attached hydrogens (tertiary/aromatic N) is 2. The van der Waals surface area contributed by atoms with Crippen molar-refractivity contribution >= 4 is 42.6 Å². The van der Waals surface area contributed by atoms with Gasteiger partial charge in [0.2, 0.25) is 10.0 Å². The van der Waals surface area contributed by atoms with E-state index in [1.165, 1.54) is 54.1 Å². The molecule has 0 saturated carbocycles. The number of carbonyl (C=O) groups excluding carboxylic acids is 1. The van der Waals surface area contributed by atoms with Crippen LogP contribution in [0.25, 0.3) is 10.2 Å². The van der Waals surface area contributed by atoms with Crippen molar-refractivity contribution < 1.29 is 22.7 Å². The van der Waals surface area contributed by atoms with E-state index in [1.54, 1.807) is 0 Å². The molecule has 0 bridgehead atoms. The van der Waals surface area contributed by atoms with Crippen LogP contribution < -0.4 is 5.32 Å². The standard InChI is InChI=1S/C22H27N3O5S2/c1-15-13-16(2)20-19(14-15)23-22(31-20)24-21(26)17-5-7-18(8-6-17)32(27,28)25(9-11-29-3)10-12-30-4/h5-8,13-14H,9-12H2,1-4H3,(H,23,24,26). The predicted molar refractivity (Wildman–Crippen MR) is 126 cm³/mol. The normalized spacial score (nSPS) is 11.9. The van der Waals surface area contributed by atoms with E-state index in [0.29, 0.717) is 10.7 Å². The Morgan fingerprint density at radius 3 is 2.28 bits per heavy atom. The lowest BCUT2D eigenvalue weighted by molar-refractivity contribution is 0.102. The lowest BCUT2D eigenvalue weighted by atomic mass is 10.1. The van der Waals surface area contributed by atoms with E-state index in [1.807, 2.05) is 19.9 Å². The van der Waals surface area contributed by atoms with Crippen LogP contribution in [0.15, 0.2) is 41.3 Å². The highest BCUT2D eigenvalue weighted by Crippen LogP contribution is 2.30. The lowest BCUT2D eigenvalue weighted by Crippen LogP contribution is -2.36. The molecule has 0 unspecified atom stereocenters. The van der Waals surface area contributed by atoms with Gasteiger partial charge in [0.05, 0.1) is 28.3 Å². The third-order valence-electron chi connectivity index (χ3n) is 4.88. The van der Waals surface area contributed by atoms with Crippen LogP contribution in [0.3, 0.4) is 0 Å². The summed E-state index contributed by atoms with van der Waals surface area (Å²) in [6, 6.07) is 9.91. The molecular formula is C22H27N3O5S2. The molecule has 8 nitrogen and oxygen atoms in total. The smallest absolute Gasteiger partial charge is 0.257 e. The molecule has 0 atom stereocenters. The predicted octanol–water partition coefficient (Wildman–Crippen LogP) is 3.45. The fraction of sp³-hybridized carbons (Fsp3) is 0.364. The summed E-state index contributed by atoms with van der Waals surface area (Å²) in [4.78, 5) is 17.3. The van der Waals surface area contributed by atoms with Crippen LogP contribution in [0.5, 0.6) is 0 Å². The maximum absolute atomic E-state index is 13.0. The summed E-state index contributed by atoms with van der Waals surface area (Å²) in [6.07, 6.45) is 0. The number of benzene rings is 2. The maximum atomic E-state index is 13.0. The zero-order valence-electron chi connectivity index (χ0n) is 18.5. The fourth-order valence-electron chi connectivity index (χ4n) is 3.27. The minimum atomic E-state index is -3.74. The van der Waals surface area contributed by atoms with Crippen molar-refractivity contribution in [3.05, 3.63) is 53.1 Å². The number of sulfonamides is 1. The summed E-state index contributed by atoms with van der Waals surface area (Å²) >= 11 is 1.41. The van der Waals surface area contributed by atoms with Crippen molar-refractivity contribution in [2.24, 2.45) is 0 Å². The molecule has 0 spiro atoms. The number of ether oxygens (including phenoxy) is 2. The molecule has 0 fully saturated rings. The second-order valence-electron chi connectivity index (χ2n) is 7.32. The first-order valence-corrected chi connectivity index (χ1v) is 12.3. The highest BCUT2D eigenvalue weighted by atomic mass is 32.2. The first-order valence-electron chi connectivity index (χ1n) is 10.0. The number of rotatable bonds is 10. The Labute approximate surface area is 192 Å². The molecule has 1 amide bonds. The van der Waals surface area contributed by atoms with Crippen LogP contribution in [-0.4, -0.2) is 64.1 Å². The van der Waals surface area contributed by atoms with Gasteiger partial charge >= 0.3 is 0 Å². The monoisotopic (exact) mass is 477 g/mol. The summed E-state index contributed by atoms with van der Waals surface area (Å²) in [5.74, 6) is -0.349. The van der Waals surface area contributed by atoms with Crippen LogP contribution in [0, 0.1) is 13.8 Å². The number of hydrogen-bond donors (Lipinski definition) is 1. The zero-order chi connectivity index (χ0) is 23.3. The van der Waals surface area contributed by atoms with Crippen LogP contribution in [0.1, 0.15) is 21.5 Å². The number of thiazole rings is 1. The van der Waals surface area contributed by atoms with Gasteiger partial charge < -0.3 is 9.47 Å². The van der Waals surface area contributed by atoms with Gasteiger partial charge in [0.15, 0.2) is 5.13 Å². The number of hydrogen-bond acceptors (Lipinski definition) is 7. The molecule has 1 heterocycles. The Morgan fingerprint density at radius 2 is 1.69 bits per heavy atom. The molecule has 0 aliphatic heterocycles. The summed E-state index contributed by atoms with van der Waals surface area (Å²) in [7, 11) is -0.709. The molecule has 0 aliphatic carbocycles. The number of anilines is 1. The van der Waals surface area contributed by atoms with Gasteiger partial charge in [-0.1, -0.05) is 17.4 Å². The Bertz CT molecular complexity index is 1180. The van der Waals surface area contributed by atoms with Gasteiger partial charge in [-0.05, 0) is 55.3 Å². The number of amides is 1.